The Balaban J connectivity index is 2.66. The average Bonchev–Trinajstić information content (AvgIpc) is 2.44. The van der Waals surface area contributed by atoms with E-state index in [0.29, 0.717) is 0 Å². The van der Waals surface area contributed by atoms with Crippen LogP contribution >= 0.6 is 11.6 Å². The summed E-state index contributed by atoms with van der Waals surface area (Å²) < 4.78 is 1.91. The second-order valence-electron chi connectivity index (χ2n) is 3.48. The summed E-state index contributed by atoms with van der Waals surface area (Å²) in [6.07, 6.45) is 2.12. The second-order valence-corrected chi connectivity index (χ2v) is 3.92. The number of aryl methyl sites for hydroxylation is 2. The van der Waals surface area contributed by atoms with Crippen LogP contribution in [0.2, 0.25) is 5.02 Å². The molecule has 0 aliphatic carbocycles. The van der Waals surface area contributed by atoms with Crippen molar-refractivity contribution < 1.29 is 0 Å². The van der Waals surface area contributed by atoms with E-state index in [1.54, 1.807) is 0 Å². The largest absolute Gasteiger partial charge is 0.268 e. The minimum absolute atomic E-state index is 0.780. The van der Waals surface area contributed by atoms with Gasteiger partial charge in [0.15, 0.2) is 0 Å². The highest BCUT2D eigenvalue weighted by atomic mass is 35.5. The fraction of sp³-hybridized carbons (Fsp3) is 0.364. The molecule has 0 amide bonds. The molecule has 1 heterocycles. The molecule has 2 rings (SSSR count). The van der Waals surface area contributed by atoms with Crippen LogP contribution in [0.25, 0.3) is 10.9 Å². The third kappa shape index (κ3) is 1.50. The molecule has 0 aliphatic rings. The number of halogens is 1. The van der Waals surface area contributed by atoms with Crippen LogP contribution in [0.15, 0.2) is 18.2 Å². The number of fused-ring (bicyclic) bond motifs is 1. The maximum absolute atomic E-state index is 5.96. The Hall–Kier alpha value is -1.02. The molecule has 0 saturated carbocycles. The van der Waals surface area contributed by atoms with Crippen LogP contribution in [-0.4, -0.2) is 9.78 Å². The van der Waals surface area contributed by atoms with E-state index in [2.05, 4.69) is 12.0 Å². The molecule has 0 radical (unpaired) electrons. The molecule has 0 atom stereocenters. The first kappa shape index (κ1) is 9.53. The number of hydrogen-bond donors (Lipinski definition) is 0. The standard InChI is InChI=1S/C11H13ClN2/c1-3-4-10-9-7-8(12)5-6-11(9)14(2)13-10/h5-7H,3-4H2,1-2H3. The summed E-state index contributed by atoms with van der Waals surface area (Å²) in [7, 11) is 1.97. The lowest BCUT2D eigenvalue weighted by atomic mass is 10.1. The van der Waals surface area contributed by atoms with Gasteiger partial charge in [0.05, 0.1) is 11.2 Å². The van der Waals surface area contributed by atoms with E-state index in [1.165, 1.54) is 5.39 Å². The van der Waals surface area contributed by atoms with Crippen molar-refractivity contribution in [3.05, 3.63) is 28.9 Å². The van der Waals surface area contributed by atoms with Crippen molar-refractivity contribution in [1.82, 2.24) is 9.78 Å². The molecule has 74 valence electrons. The zero-order valence-electron chi connectivity index (χ0n) is 8.42. The second kappa shape index (κ2) is 3.62. The average molecular weight is 209 g/mol. The molecule has 1 aromatic carbocycles. The van der Waals surface area contributed by atoms with E-state index in [4.69, 9.17) is 11.6 Å². The molecule has 0 spiro atoms. The van der Waals surface area contributed by atoms with Gasteiger partial charge in [0, 0.05) is 17.5 Å². The predicted molar refractivity (Wildman–Crippen MR) is 59.7 cm³/mol. The number of benzene rings is 1. The van der Waals surface area contributed by atoms with Gasteiger partial charge >= 0.3 is 0 Å². The maximum atomic E-state index is 5.96. The highest BCUT2D eigenvalue weighted by Crippen LogP contribution is 2.22. The van der Waals surface area contributed by atoms with E-state index >= 15 is 0 Å². The van der Waals surface area contributed by atoms with Crippen molar-refractivity contribution in [2.75, 3.05) is 0 Å². The van der Waals surface area contributed by atoms with Gasteiger partial charge < -0.3 is 0 Å². The molecule has 0 saturated heterocycles. The molecule has 14 heavy (non-hydrogen) atoms. The highest BCUT2D eigenvalue weighted by Gasteiger charge is 2.07. The predicted octanol–water partition coefficient (Wildman–Crippen LogP) is 3.18. The Bertz CT molecular complexity index is 460. The first-order valence-electron chi connectivity index (χ1n) is 4.83. The zero-order valence-corrected chi connectivity index (χ0v) is 9.17. The Kier molecular flexibility index (Phi) is 2.46. The Morgan fingerprint density at radius 3 is 2.93 bits per heavy atom. The van der Waals surface area contributed by atoms with E-state index < -0.39 is 0 Å². The summed E-state index contributed by atoms with van der Waals surface area (Å²) in [5.74, 6) is 0. The van der Waals surface area contributed by atoms with E-state index in [-0.39, 0.29) is 0 Å². The summed E-state index contributed by atoms with van der Waals surface area (Å²) in [6, 6.07) is 5.92. The molecular formula is C11H13ClN2. The van der Waals surface area contributed by atoms with E-state index in [1.807, 2.05) is 29.9 Å². The fourth-order valence-electron chi connectivity index (χ4n) is 1.73. The summed E-state index contributed by atoms with van der Waals surface area (Å²) in [6.45, 7) is 2.16. The number of nitrogens with zero attached hydrogens (tertiary/aromatic N) is 2. The minimum atomic E-state index is 0.780. The van der Waals surface area contributed by atoms with Crippen molar-refractivity contribution in [3.63, 3.8) is 0 Å². The lowest BCUT2D eigenvalue weighted by Crippen LogP contribution is -1.91. The van der Waals surface area contributed by atoms with Crippen molar-refractivity contribution in [1.29, 1.82) is 0 Å². The van der Waals surface area contributed by atoms with Crippen molar-refractivity contribution in [3.8, 4) is 0 Å². The van der Waals surface area contributed by atoms with Crippen LogP contribution < -0.4 is 0 Å². The highest BCUT2D eigenvalue weighted by molar-refractivity contribution is 6.31. The smallest absolute Gasteiger partial charge is 0.0703 e. The van der Waals surface area contributed by atoms with Gasteiger partial charge in [0.25, 0.3) is 0 Å². The van der Waals surface area contributed by atoms with Gasteiger partial charge in [-0.25, -0.2) is 0 Å². The molecule has 0 N–H and O–H groups in total. The first-order valence-corrected chi connectivity index (χ1v) is 5.21. The molecular weight excluding hydrogens is 196 g/mol. The molecule has 0 unspecified atom stereocenters. The van der Waals surface area contributed by atoms with Crippen molar-refractivity contribution in [2.45, 2.75) is 19.8 Å². The molecule has 0 aliphatic heterocycles. The van der Waals surface area contributed by atoms with Gasteiger partial charge in [-0.2, -0.15) is 5.10 Å². The van der Waals surface area contributed by atoms with Crippen molar-refractivity contribution >= 4 is 22.5 Å². The van der Waals surface area contributed by atoms with Crippen LogP contribution in [0.1, 0.15) is 19.0 Å². The van der Waals surface area contributed by atoms with Crippen LogP contribution in [0.3, 0.4) is 0 Å². The number of hydrogen-bond acceptors (Lipinski definition) is 1. The van der Waals surface area contributed by atoms with E-state index in [0.717, 1.165) is 29.1 Å². The first-order chi connectivity index (χ1) is 6.72. The van der Waals surface area contributed by atoms with Gasteiger partial charge in [-0.1, -0.05) is 24.9 Å². The third-order valence-electron chi connectivity index (χ3n) is 2.38. The van der Waals surface area contributed by atoms with Gasteiger partial charge in [-0.15, -0.1) is 0 Å². The maximum Gasteiger partial charge on any atom is 0.0703 e. The Morgan fingerprint density at radius 2 is 2.21 bits per heavy atom. The lowest BCUT2D eigenvalue weighted by Gasteiger charge is -1.94. The topological polar surface area (TPSA) is 17.8 Å². The number of aromatic nitrogens is 2. The molecule has 1 aromatic heterocycles. The summed E-state index contributed by atoms with van der Waals surface area (Å²) in [5.41, 5.74) is 2.30. The normalized spacial score (nSPS) is 11.1. The van der Waals surface area contributed by atoms with Crippen molar-refractivity contribution in [2.24, 2.45) is 7.05 Å². The summed E-state index contributed by atoms with van der Waals surface area (Å²) in [5, 5.41) is 6.44. The molecule has 0 fully saturated rings. The van der Waals surface area contributed by atoms with Crippen LogP contribution in [0.5, 0.6) is 0 Å². The molecule has 0 bridgehead atoms. The van der Waals surface area contributed by atoms with Crippen LogP contribution in [0.4, 0.5) is 0 Å². The van der Waals surface area contributed by atoms with Gasteiger partial charge in [0.1, 0.15) is 0 Å². The van der Waals surface area contributed by atoms with Crippen LogP contribution in [0, 0.1) is 0 Å². The molecule has 2 aromatic rings. The Morgan fingerprint density at radius 1 is 1.43 bits per heavy atom. The third-order valence-corrected chi connectivity index (χ3v) is 2.61. The summed E-state index contributed by atoms with van der Waals surface area (Å²) in [4.78, 5) is 0. The Labute approximate surface area is 88.5 Å². The minimum Gasteiger partial charge on any atom is -0.268 e. The molecule has 2 nitrogen and oxygen atoms in total. The lowest BCUT2D eigenvalue weighted by molar-refractivity contribution is 0.753. The number of rotatable bonds is 2. The summed E-state index contributed by atoms with van der Waals surface area (Å²) >= 11 is 5.96. The zero-order chi connectivity index (χ0) is 10.1. The monoisotopic (exact) mass is 208 g/mol. The van der Waals surface area contributed by atoms with Gasteiger partial charge in [0.2, 0.25) is 0 Å². The fourth-order valence-corrected chi connectivity index (χ4v) is 1.90. The van der Waals surface area contributed by atoms with Crippen LogP contribution in [-0.2, 0) is 13.5 Å². The van der Waals surface area contributed by atoms with E-state index in [9.17, 15) is 0 Å². The van der Waals surface area contributed by atoms with Gasteiger partial charge in [-0.3, -0.25) is 4.68 Å². The molecule has 3 heteroatoms. The quantitative estimate of drug-likeness (QED) is 0.741. The SMILES string of the molecule is CCCc1nn(C)c2ccc(Cl)cc12. The van der Waals surface area contributed by atoms with Gasteiger partial charge in [-0.05, 0) is 24.6 Å².